The summed E-state index contributed by atoms with van der Waals surface area (Å²) < 4.78 is 6.74. The maximum Gasteiger partial charge on any atom is 0.294 e. The number of anilines is 1. The first-order chi connectivity index (χ1) is 10.1. The van der Waals surface area contributed by atoms with Crippen LogP contribution < -0.4 is 5.32 Å². The number of nitrogens with zero attached hydrogens (tertiary/aromatic N) is 4. The van der Waals surface area contributed by atoms with Crippen molar-refractivity contribution in [3.8, 4) is 11.4 Å². The summed E-state index contributed by atoms with van der Waals surface area (Å²) in [5.74, 6) is 0.559. The Balaban J connectivity index is 1.84. The predicted octanol–water partition coefficient (Wildman–Crippen LogP) is 2.03. The van der Waals surface area contributed by atoms with Crippen molar-refractivity contribution in [3.05, 3.63) is 48.1 Å². The molecule has 2 heterocycles. The van der Waals surface area contributed by atoms with Crippen LogP contribution >= 0.6 is 0 Å². The van der Waals surface area contributed by atoms with E-state index in [-0.39, 0.29) is 11.7 Å². The van der Waals surface area contributed by atoms with Crippen LogP contribution in [0.1, 0.15) is 16.2 Å². The van der Waals surface area contributed by atoms with Gasteiger partial charge in [0.2, 0.25) is 5.76 Å². The van der Waals surface area contributed by atoms with Gasteiger partial charge in [0.05, 0.1) is 5.69 Å². The van der Waals surface area contributed by atoms with Crippen molar-refractivity contribution in [1.29, 1.82) is 0 Å². The van der Waals surface area contributed by atoms with Crippen LogP contribution in [0.15, 0.2) is 41.2 Å². The molecule has 7 heteroatoms. The molecular weight excluding hydrogens is 270 g/mol. The van der Waals surface area contributed by atoms with E-state index in [4.69, 9.17) is 4.52 Å². The van der Waals surface area contributed by atoms with Crippen molar-refractivity contribution >= 4 is 11.6 Å². The number of aryl methyl sites for hydroxylation is 2. The fraction of sp³-hybridized carbons (Fsp3) is 0.143. The molecule has 0 saturated heterocycles. The molecule has 1 aromatic carbocycles. The first-order valence-electron chi connectivity index (χ1n) is 6.32. The van der Waals surface area contributed by atoms with Gasteiger partial charge in [0, 0.05) is 24.4 Å². The van der Waals surface area contributed by atoms with Gasteiger partial charge < -0.3 is 14.4 Å². The number of carbonyl (C=O) groups excluding carboxylic acids is 1. The van der Waals surface area contributed by atoms with E-state index in [2.05, 4.69) is 20.7 Å². The number of rotatable bonds is 3. The van der Waals surface area contributed by atoms with E-state index < -0.39 is 0 Å². The molecule has 0 saturated carbocycles. The molecule has 1 N–H and O–H groups in total. The number of nitrogens with one attached hydrogen (secondary N) is 1. The average molecular weight is 283 g/mol. The number of amides is 1. The SMILES string of the molecule is Cc1cc(C(=O)Nc2cccc(-c3nncn3C)c2)on1. The minimum Gasteiger partial charge on any atom is -0.351 e. The Morgan fingerprint density at radius 1 is 1.33 bits per heavy atom. The molecule has 2 aromatic heterocycles. The summed E-state index contributed by atoms with van der Waals surface area (Å²) >= 11 is 0. The molecule has 3 rings (SSSR count). The van der Waals surface area contributed by atoms with Gasteiger partial charge in [-0.2, -0.15) is 0 Å². The lowest BCUT2D eigenvalue weighted by molar-refractivity contribution is 0.0988. The summed E-state index contributed by atoms with van der Waals surface area (Å²) in [6.45, 7) is 1.76. The van der Waals surface area contributed by atoms with Crippen LogP contribution in [0.2, 0.25) is 0 Å². The normalized spacial score (nSPS) is 10.6. The van der Waals surface area contributed by atoms with Crippen LogP contribution in [-0.2, 0) is 7.05 Å². The molecular formula is C14H13N5O2. The summed E-state index contributed by atoms with van der Waals surface area (Å²) in [6, 6.07) is 8.94. The summed E-state index contributed by atoms with van der Waals surface area (Å²) in [7, 11) is 1.86. The third kappa shape index (κ3) is 2.66. The molecule has 0 unspecified atom stereocenters. The van der Waals surface area contributed by atoms with Crippen LogP contribution in [0.3, 0.4) is 0 Å². The largest absolute Gasteiger partial charge is 0.351 e. The fourth-order valence-corrected chi connectivity index (χ4v) is 1.94. The van der Waals surface area contributed by atoms with Crippen LogP contribution in [-0.4, -0.2) is 25.8 Å². The Morgan fingerprint density at radius 2 is 2.19 bits per heavy atom. The standard InChI is InChI=1S/C14H13N5O2/c1-9-6-12(21-18-9)14(20)16-11-5-3-4-10(7-11)13-17-15-8-19(13)2/h3-8H,1-2H3,(H,16,20). The van der Waals surface area contributed by atoms with E-state index >= 15 is 0 Å². The first-order valence-corrected chi connectivity index (χ1v) is 6.32. The van der Waals surface area contributed by atoms with E-state index in [1.165, 1.54) is 0 Å². The smallest absolute Gasteiger partial charge is 0.294 e. The number of aromatic nitrogens is 4. The summed E-state index contributed by atoms with van der Waals surface area (Å²) in [5.41, 5.74) is 2.17. The molecule has 0 fully saturated rings. The summed E-state index contributed by atoms with van der Waals surface area (Å²) in [6.07, 6.45) is 1.62. The van der Waals surface area contributed by atoms with Crippen molar-refractivity contribution in [2.75, 3.05) is 5.32 Å². The minimum atomic E-state index is -0.342. The molecule has 0 spiro atoms. The number of hydrogen-bond donors (Lipinski definition) is 1. The van der Waals surface area contributed by atoms with Gasteiger partial charge in [-0.15, -0.1) is 10.2 Å². The molecule has 0 bridgehead atoms. The van der Waals surface area contributed by atoms with Gasteiger partial charge >= 0.3 is 0 Å². The van der Waals surface area contributed by atoms with Crippen LogP contribution in [0.4, 0.5) is 5.69 Å². The van der Waals surface area contributed by atoms with E-state index in [1.807, 2.05) is 25.2 Å². The second kappa shape index (κ2) is 5.20. The second-order valence-corrected chi connectivity index (χ2v) is 4.63. The van der Waals surface area contributed by atoms with Gasteiger partial charge in [-0.3, -0.25) is 4.79 Å². The van der Waals surface area contributed by atoms with Gasteiger partial charge in [-0.05, 0) is 19.1 Å². The molecule has 3 aromatic rings. The Hall–Kier alpha value is -2.96. The van der Waals surface area contributed by atoms with Crippen molar-refractivity contribution in [2.24, 2.45) is 7.05 Å². The molecule has 0 aliphatic rings. The number of carbonyl (C=O) groups is 1. The Morgan fingerprint density at radius 3 is 2.86 bits per heavy atom. The van der Waals surface area contributed by atoms with Crippen molar-refractivity contribution < 1.29 is 9.32 Å². The molecule has 0 aliphatic carbocycles. The highest BCUT2D eigenvalue weighted by Gasteiger charge is 2.12. The van der Waals surface area contributed by atoms with Gasteiger partial charge in [-0.25, -0.2) is 0 Å². The fourth-order valence-electron chi connectivity index (χ4n) is 1.94. The van der Waals surface area contributed by atoms with Crippen molar-refractivity contribution in [2.45, 2.75) is 6.92 Å². The summed E-state index contributed by atoms with van der Waals surface area (Å²) in [5, 5.41) is 14.3. The lowest BCUT2D eigenvalue weighted by atomic mass is 10.2. The maximum atomic E-state index is 12.0. The molecule has 21 heavy (non-hydrogen) atoms. The minimum absolute atomic E-state index is 0.177. The second-order valence-electron chi connectivity index (χ2n) is 4.63. The zero-order valence-corrected chi connectivity index (χ0v) is 11.6. The quantitative estimate of drug-likeness (QED) is 0.794. The molecule has 106 valence electrons. The van der Waals surface area contributed by atoms with Crippen LogP contribution in [0.5, 0.6) is 0 Å². The van der Waals surface area contributed by atoms with Crippen LogP contribution in [0.25, 0.3) is 11.4 Å². The highest BCUT2D eigenvalue weighted by Crippen LogP contribution is 2.20. The molecule has 0 radical (unpaired) electrons. The molecule has 1 amide bonds. The third-order valence-corrected chi connectivity index (χ3v) is 2.94. The highest BCUT2D eigenvalue weighted by molar-refractivity contribution is 6.02. The average Bonchev–Trinajstić information content (AvgIpc) is 3.08. The monoisotopic (exact) mass is 283 g/mol. The number of benzene rings is 1. The van der Waals surface area contributed by atoms with E-state index in [1.54, 1.807) is 30.0 Å². The lowest BCUT2D eigenvalue weighted by Gasteiger charge is -2.05. The van der Waals surface area contributed by atoms with Crippen molar-refractivity contribution in [1.82, 2.24) is 19.9 Å². The van der Waals surface area contributed by atoms with Crippen LogP contribution in [0, 0.1) is 6.92 Å². The van der Waals surface area contributed by atoms with E-state index in [0.717, 1.165) is 11.4 Å². The summed E-state index contributed by atoms with van der Waals surface area (Å²) in [4.78, 5) is 12.0. The molecule has 7 nitrogen and oxygen atoms in total. The predicted molar refractivity (Wildman–Crippen MR) is 75.6 cm³/mol. The highest BCUT2D eigenvalue weighted by atomic mass is 16.5. The Labute approximate surface area is 120 Å². The van der Waals surface area contributed by atoms with Gasteiger partial charge in [0.25, 0.3) is 5.91 Å². The van der Waals surface area contributed by atoms with Gasteiger partial charge in [0.15, 0.2) is 5.82 Å². The van der Waals surface area contributed by atoms with Crippen molar-refractivity contribution in [3.63, 3.8) is 0 Å². The van der Waals surface area contributed by atoms with E-state index in [0.29, 0.717) is 11.4 Å². The Bertz CT molecular complexity index is 790. The number of hydrogen-bond acceptors (Lipinski definition) is 5. The van der Waals surface area contributed by atoms with Gasteiger partial charge in [0.1, 0.15) is 6.33 Å². The molecule has 0 aliphatic heterocycles. The third-order valence-electron chi connectivity index (χ3n) is 2.94. The zero-order valence-electron chi connectivity index (χ0n) is 11.6. The zero-order chi connectivity index (χ0) is 14.8. The van der Waals surface area contributed by atoms with E-state index in [9.17, 15) is 4.79 Å². The maximum absolute atomic E-state index is 12.0. The topological polar surface area (TPSA) is 85.8 Å². The van der Waals surface area contributed by atoms with Gasteiger partial charge in [-0.1, -0.05) is 17.3 Å². The molecule has 0 atom stereocenters. The Kier molecular flexibility index (Phi) is 3.23. The first kappa shape index (κ1) is 13.0. The lowest BCUT2D eigenvalue weighted by Crippen LogP contribution is -2.10.